The van der Waals surface area contributed by atoms with Crippen LogP contribution < -0.4 is 10.2 Å². The number of fused-ring (bicyclic) bond motifs is 1. The van der Waals surface area contributed by atoms with E-state index < -0.39 is 11.6 Å². The Hall–Kier alpha value is -2.79. The first kappa shape index (κ1) is 21.1. The maximum absolute atomic E-state index is 14.8. The van der Waals surface area contributed by atoms with Crippen molar-refractivity contribution in [2.75, 3.05) is 30.4 Å². The Bertz CT molecular complexity index is 1050. The van der Waals surface area contributed by atoms with Crippen molar-refractivity contribution in [3.05, 3.63) is 41.1 Å². The van der Waals surface area contributed by atoms with Gasteiger partial charge in [-0.1, -0.05) is 6.42 Å². The molecule has 32 heavy (non-hydrogen) atoms. The van der Waals surface area contributed by atoms with Gasteiger partial charge in [0.25, 0.3) is 0 Å². The number of anilines is 3. The third-order valence-corrected chi connectivity index (χ3v) is 7.13. The minimum atomic E-state index is -0.492. The molecule has 2 aliphatic heterocycles. The normalized spacial score (nSPS) is 23.3. The summed E-state index contributed by atoms with van der Waals surface area (Å²) in [6.07, 6.45) is 8.70. The zero-order chi connectivity index (χ0) is 22.2. The molecule has 0 radical (unpaired) electrons. The highest BCUT2D eigenvalue weighted by Gasteiger charge is 2.36. The van der Waals surface area contributed by atoms with Gasteiger partial charge >= 0.3 is 0 Å². The molecule has 1 aliphatic carbocycles. The van der Waals surface area contributed by atoms with E-state index in [9.17, 15) is 14.0 Å². The lowest BCUT2D eigenvalue weighted by molar-refractivity contribution is 0.0891. The van der Waals surface area contributed by atoms with E-state index in [1.807, 2.05) is 11.9 Å². The van der Waals surface area contributed by atoms with Gasteiger partial charge in [-0.05, 0) is 75.2 Å². The average molecular weight is 439 g/mol. The fourth-order valence-corrected chi connectivity index (χ4v) is 5.33. The number of hydrogen-bond donors (Lipinski definition) is 1. The highest BCUT2D eigenvalue weighted by Crippen LogP contribution is 2.43. The SMILES string of the molecule is CN(c1nc(Nc2cc(C#N)c(C3CC3)cc2F)ncc1F)[C@H]1CCCN2CCCC[C@H]12. The Balaban J connectivity index is 1.40. The molecule has 1 aromatic heterocycles. The predicted molar refractivity (Wildman–Crippen MR) is 119 cm³/mol. The van der Waals surface area contributed by atoms with E-state index >= 15 is 0 Å². The van der Waals surface area contributed by atoms with E-state index in [2.05, 4.69) is 26.3 Å². The second kappa shape index (κ2) is 8.62. The first-order valence-corrected chi connectivity index (χ1v) is 11.5. The second-order valence-electron chi connectivity index (χ2n) is 9.22. The number of likely N-dealkylation sites (N-methyl/N-ethyl adjacent to an activating group) is 1. The Morgan fingerprint density at radius 1 is 1.09 bits per heavy atom. The van der Waals surface area contributed by atoms with Crippen LogP contribution in [-0.4, -0.2) is 47.1 Å². The summed E-state index contributed by atoms with van der Waals surface area (Å²) in [5.74, 6) is -0.348. The Labute approximate surface area is 187 Å². The van der Waals surface area contributed by atoms with Crippen molar-refractivity contribution in [1.29, 1.82) is 5.26 Å². The van der Waals surface area contributed by atoms with Crippen molar-refractivity contribution in [2.24, 2.45) is 0 Å². The van der Waals surface area contributed by atoms with Crippen LogP contribution >= 0.6 is 0 Å². The van der Waals surface area contributed by atoms with Crippen molar-refractivity contribution in [1.82, 2.24) is 14.9 Å². The predicted octanol–water partition coefficient (Wildman–Crippen LogP) is 4.70. The molecule has 0 amide bonds. The number of aromatic nitrogens is 2. The molecule has 1 aromatic carbocycles. The number of piperidine rings is 2. The lowest BCUT2D eigenvalue weighted by atomic mass is 9.88. The van der Waals surface area contributed by atoms with Crippen molar-refractivity contribution in [3.8, 4) is 6.07 Å². The topological polar surface area (TPSA) is 68.1 Å². The number of rotatable bonds is 5. The van der Waals surface area contributed by atoms with Gasteiger partial charge in [0.1, 0.15) is 5.82 Å². The Morgan fingerprint density at radius 2 is 1.91 bits per heavy atom. The number of nitriles is 1. The third kappa shape index (κ3) is 4.02. The van der Waals surface area contributed by atoms with Crippen molar-refractivity contribution >= 4 is 17.5 Å². The van der Waals surface area contributed by atoms with Gasteiger partial charge in [-0.2, -0.15) is 10.2 Å². The van der Waals surface area contributed by atoms with Gasteiger partial charge in [-0.3, -0.25) is 4.90 Å². The van der Waals surface area contributed by atoms with Crippen LogP contribution in [0.5, 0.6) is 0 Å². The number of hydrogen-bond acceptors (Lipinski definition) is 6. The van der Waals surface area contributed by atoms with E-state index in [1.165, 1.54) is 25.0 Å². The zero-order valence-corrected chi connectivity index (χ0v) is 18.3. The van der Waals surface area contributed by atoms with Crippen LogP contribution in [0.2, 0.25) is 0 Å². The molecule has 2 saturated heterocycles. The smallest absolute Gasteiger partial charge is 0.229 e. The van der Waals surface area contributed by atoms with Gasteiger partial charge < -0.3 is 10.2 Å². The van der Waals surface area contributed by atoms with Crippen LogP contribution in [0.4, 0.5) is 26.2 Å². The van der Waals surface area contributed by atoms with Gasteiger partial charge in [-0.25, -0.2) is 13.8 Å². The summed E-state index contributed by atoms with van der Waals surface area (Å²) in [6, 6.07) is 5.67. The molecule has 168 valence electrons. The van der Waals surface area contributed by atoms with E-state index in [0.29, 0.717) is 11.6 Å². The lowest BCUT2D eigenvalue weighted by Crippen LogP contribution is -2.56. The average Bonchev–Trinajstić information content (AvgIpc) is 3.66. The first-order chi connectivity index (χ1) is 15.5. The summed E-state index contributed by atoms with van der Waals surface area (Å²) in [5, 5.41) is 12.3. The maximum atomic E-state index is 14.8. The summed E-state index contributed by atoms with van der Waals surface area (Å²) < 4.78 is 29.5. The second-order valence-corrected chi connectivity index (χ2v) is 9.22. The summed E-state index contributed by atoms with van der Waals surface area (Å²) in [7, 11) is 1.89. The molecule has 2 aromatic rings. The number of halogens is 2. The van der Waals surface area contributed by atoms with Crippen LogP contribution in [0.1, 0.15) is 62.0 Å². The van der Waals surface area contributed by atoms with Crippen molar-refractivity contribution in [2.45, 2.75) is 62.9 Å². The molecular weight excluding hydrogens is 410 g/mol. The van der Waals surface area contributed by atoms with Crippen molar-refractivity contribution < 1.29 is 8.78 Å². The van der Waals surface area contributed by atoms with Gasteiger partial charge in [0.15, 0.2) is 11.6 Å². The van der Waals surface area contributed by atoms with E-state index in [-0.39, 0.29) is 29.4 Å². The maximum Gasteiger partial charge on any atom is 0.229 e. The first-order valence-electron chi connectivity index (χ1n) is 11.5. The monoisotopic (exact) mass is 438 g/mol. The number of nitrogens with zero attached hydrogens (tertiary/aromatic N) is 5. The van der Waals surface area contributed by atoms with Crippen LogP contribution in [0.3, 0.4) is 0 Å². The minimum absolute atomic E-state index is 0.117. The molecule has 6 nitrogen and oxygen atoms in total. The molecule has 1 N–H and O–H groups in total. The molecule has 3 aliphatic rings. The quantitative estimate of drug-likeness (QED) is 0.730. The molecule has 5 rings (SSSR count). The third-order valence-electron chi connectivity index (χ3n) is 7.13. The summed E-state index contributed by atoms with van der Waals surface area (Å²) in [6.45, 7) is 2.21. The Kier molecular flexibility index (Phi) is 5.68. The van der Waals surface area contributed by atoms with Crippen molar-refractivity contribution in [3.63, 3.8) is 0 Å². The Morgan fingerprint density at radius 3 is 2.69 bits per heavy atom. The van der Waals surface area contributed by atoms with Crippen LogP contribution in [0.15, 0.2) is 18.3 Å². The minimum Gasteiger partial charge on any atom is -0.353 e. The highest BCUT2D eigenvalue weighted by molar-refractivity contribution is 5.61. The van der Waals surface area contributed by atoms with Gasteiger partial charge in [0, 0.05) is 19.1 Å². The molecular formula is C24H28F2N6. The fraction of sp³-hybridized carbons (Fsp3) is 0.542. The lowest BCUT2D eigenvalue weighted by Gasteiger charge is -2.47. The molecule has 1 saturated carbocycles. The van der Waals surface area contributed by atoms with Crippen LogP contribution in [0, 0.1) is 23.0 Å². The van der Waals surface area contributed by atoms with E-state index in [1.54, 1.807) is 0 Å². The molecule has 0 unspecified atom stereocenters. The molecule has 8 heteroatoms. The summed E-state index contributed by atoms with van der Waals surface area (Å²) in [5.41, 5.74) is 1.34. The standard InChI is InChI=1S/C24H28F2N6/c1-31(21-6-4-10-32-9-3-2-5-22(21)32)23-19(26)14-28-24(30-23)29-20-11-16(13-27)17(12-18(20)25)15-7-8-15/h11-12,14-15,21-22H,2-10H2,1H3,(H,28,29,30)/t21-,22+/m0/s1. The van der Waals surface area contributed by atoms with Gasteiger partial charge in [0.2, 0.25) is 5.95 Å². The van der Waals surface area contributed by atoms with Gasteiger partial charge in [0.05, 0.1) is 23.5 Å². The highest BCUT2D eigenvalue weighted by atomic mass is 19.1. The number of benzene rings is 1. The molecule has 0 spiro atoms. The molecule has 3 fully saturated rings. The summed E-state index contributed by atoms with van der Waals surface area (Å²) >= 11 is 0. The largest absolute Gasteiger partial charge is 0.353 e. The van der Waals surface area contributed by atoms with Crippen LogP contribution in [0.25, 0.3) is 0 Å². The van der Waals surface area contributed by atoms with E-state index in [4.69, 9.17) is 0 Å². The van der Waals surface area contributed by atoms with Crippen LogP contribution in [-0.2, 0) is 0 Å². The molecule has 2 atom stereocenters. The molecule has 0 bridgehead atoms. The number of nitrogens with one attached hydrogen (secondary N) is 1. The molecule has 3 heterocycles. The van der Waals surface area contributed by atoms with E-state index in [0.717, 1.165) is 57.0 Å². The zero-order valence-electron chi connectivity index (χ0n) is 18.3. The van der Waals surface area contributed by atoms with Gasteiger partial charge in [-0.15, -0.1) is 0 Å². The summed E-state index contributed by atoms with van der Waals surface area (Å²) in [4.78, 5) is 12.9. The fourth-order valence-electron chi connectivity index (χ4n) is 5.33.